The van der Waals surface area contributed by atoms with Crippen LogP contribution < -0.4 is 4.74 Å². The summed E-state index contributed by atoms with van der Waals surface area (Å²) >= 11 is 0. The Bertz CT molecular complexity index is 1170. The van der Waals surface area contributed by atoms with Crippen molar-refractivity contribution in [2.75, 3.05) is 26.7 Å². The van der Waals surface area contributed by atoms with E-state index >= 15 is 0 Å². The van der Waals surface area contributed by atoms with Gasteiger partial charge in [0.05, 0.1) is 11.6 Å². The summed E-state index contributed by atoms with van der Waals surface area (Å²) in [5.74, 6) is -2.22. The van der Waals surface area contributed by atoms with Crippen molar-refractivity contribution in [3.63, 3.8) is 0 Å². The number of hydrogen-bond acceptors (Lipinski definition) is 3. The second kappa shape index (κ2) is 11.1. The van der Waals surface area contributed by atoms with Crippen LogP contribution in [0.15, 0.2) is 72.8 Å². The van der Waals surface area contributed by atoms with Crippen molar-refractivity contribution in [3.05, 3.63) is 101 Å². The van der Waals surface area contributed by atoms with Crippen molar-refractivity contribution in [2.45, 2.75) is 25.3 Å². The first kappa shape index (κ1) is 24.4. The molecule has 1 aliphatic heterocycles. The fourth-order valence-corrected chi connectivity index (χ4v) is 4.33. The van der Waals surface area contributed by atoms with Gasteiger partial charge in [0.25, 0.3) is 11.8 Å². The molecule has 182 valence electrons. The Morgan fingerprint density at radius 2 is 1.57 bits per heavy atom. The number of rotatable bonds is 3. The molecule has 0 aliphatic carbocycles. The number of amides is 2. The molecule has 3 aromatic rings. The van der Waals surface area contributed by atoms with Gasteiger partial charge in [-0.1, -0.05) is 48.5 Å². The van der Waals surface area contributed by atoms with Crippen LogP contribution in [-0.4, -0.2) is 54.4 Å². The van der Waals surface area contributed by atoms with Crippen molar-refractivity contribution in [1.82, 2.24) is 9.80 Å². The highest BCUT2D eigenvalue weighted by atomic mass is 19.1. The number of benzene rings is 3. The molecule has 2 amide bonds. The van der Waals surface area contributed by atoms with Gasteiger partial charge >= 0.3 is 0 Å². The molecule has 0 spiro atoms. The smallest absolute Gasteiger partial charge is 0.260 e. The van der Waals surface area contributed by atoms with Crippen LogP contribution in [0.2, 0.25) is 0 Å². The van der Waals surface area contributed by atoms with Crippen LogP contribution in [0.3, 0.4) is 0 Å². The molecule has 0 unspecified atom stereocenters. The number of carbonyl (C=O) groups is 2. The number of fused-ring (bicyclic) bond motifs is 1. The van der Waals surface area contributed by atoms with Crippen molar-refractivity contribution in [3.8, 4) is 5.75 Å². The molecule has 4 rings (SSSR count). The molecule has 0 saturated carbocycles. The summed E-state index contributed by atoms with van der Waals surface area (Å²) in [5.41, 5.74) is 0.835. The fourth-order valence-electron chi connectivity index (χ4n) is 4.33. The molecule has 1 heterocycles. The van der Waals surface area contributed by atoms with Crippen molar-refractivity contribution < 1.29 is 23.1 Å². The highest BCUT2D eigenvalue weighted by Gasteiger charge is 2.30. The molecule has 0 aromatic heterocycles. The Kier molecular flexibility index (Phi) is 7.75. The Balaban J connectivity index is 1.73. The number of hydrogen-bond donors (Lipinski definition) is 0. The van der Waals surface area contributed by atoms with E-state index in [-0.39, 0.29) is 19.1 Å². The average molecular weight is 479 g/mol. The fraction of sp³-hybridized carbons (Fsp3) is 0.286. The highest BCUT2D eigenvalue weighted by Crippen LogP contribution is 2.24. The lowest BCUT2D eigenvalue weighted by Gasteiger charge is -2.33. The van der Waals surface area contributed by atoms with Gasteiger partial charge in [0.1, 0.15) is 29.6 Å². The molecule has 1 atom stereocenters. The molecule has 0 bridgehead atoms. The largest absolute Gasteiger partial charge is 0.491 e. The minimum atomic E-state index is -0.892. The topological polar surface area (TPSA) is 49.9 Å². The van der Waals surface area contributed by atoms with E-state index in [4.69, 9.17) is 4.74 Å². The maximum atomic E-state index is 14.6. The summed E-state index contributed by atoms with van der Waals surface area (Å²) in [6.07, 6.45) is 1.62. The van der Waals surface area contributed by atoms with Gasteiger partial charge < -0.3 is 14.5 Å². The SMILES string of the molecule is CN1CCCCN(C(=O)c2c(F)cccc2F)[C@H](Cc2ccccc2)COc2ccccc2C1=O. The van der Waals surface area contributed by atoms with Crippen LogP contribution in [0, 0.1) is 11.6 Å². The van der Waals surface area contributed by atoms with E-state index in [2.05, 4.69) is 0 Å². The summed E-state index contributed by atoms with van der Waals surface area (Å²) in [6.45, 7) is 0.814. The number of para-hydroxylation sites is 1. The third-order valence-electron chi connectivity index (χ3n) is 6.23. The first-order valence-electron chi connectivity index (χ1n) is 11.7. The van der Waals surface area contributed by atoms with Crippen molar-refractivity contribution in [2.24, 2.45) is 0 Å². The van der Waals surface area contributed by atoms with Crippen molar-refractivity contribution >= 4 is 11.8 Å². The first-order chi connectivity index (χ1) is 17.0. The summed E-state index contributed by atoms with van der Waals surface area (Å²) in [6, 6.07) is 19.5. The van der Waals surface area contributed by atoms with Crippen LogP contribution in [0.4, 0.5) is 8.78 Å². The van der Waals surface area contributed by atoms with Crippen LogP contribution in [-0.2, 0) is 6.42 Å². The normalized spacial score (nSPS) is 17.1. The third-order valence-corrected chi connectivity index (χ3v) is 6.23. The Labute approximate surface area is 203 Å². The van der Waals surface area contributed by atoms with Crippen LogP contribution in [0.25, 0.3) is 0 Å². The van der Waals surface area contributed by atoms with Gasteiger partial charge in [-0.3, -0.25) is 9.59 Å². The second-order valence-corrected chi connectivity index (χ2v) is 8.68. The predicted octanol–water partition coefficient (Wildman–Crippen LogP) is 4.96. The molecular formula is C28H28F2N2O3. The number of nitrogens with zero attached hydrogens (tertiary/aromatic N) is 2. The van der Waals surface area contributed by atoms with Crippen LogP contribution >= 0.6 is 0 Å². The summed E-state index contributed by atoms with van der Waals surface area (Å²) in [4.78, 5) is 29.6. The Morgan fingerprint density at radius 1 is 0.914 bits per heavy atom. The van der Waals surface area contributed by atoms with E-state index in [1.54, 1.807) is 36.2 Å². The average Bonchev–Trinajstić information content (AvgIpc) is 2.86. The zero-order valence-corrected chi connectivity index (χ0v) is 19.6. The zero-order valence-electron chi connectivity index (χ0n) is 19.6. The number of carbonyl (C=O) groups excluding carboxylic acids is 2. The van der Waals surface area contributed by atoms with E-state index in [1.807, 2.05) is 30.3 Å². The molecule has 1 aliphatic rings. The quantitative estimate of drug-likeness (QED) is 0.535. The standard InChI is InChI=1S/C28H28F2N2O3/c1-31-16-7-8-17-32(28(34)26-23(29)13-9-14-24(26)30)21(18-20-10-3-2-4-11-20)19-35-25-15-6-5-12-22(25)27(31)33/h2-6,9-15,21H,7-8,16-19H2,1H3/t21-/m1/s1. The van der Waals surface area contributed by atoms with Gasteiger partial charge in [-0.25, -0.2) is 8.78 Å². The molecule has 0 radical (unpaired) electrons. The molecule has 3 aromatic carbocycles. The highest BCUT2D eigenvalue weighted by molar-refractivity contribution is 5.97. The van der Waals surface area contributed by atoms with Gasteiger partial charge in [0.15, 0.2) is 0 Å². The molecule has 35 heavy (non-hydrogen) atoms. The van der Waals surface area contributed by atoms with Gasteiger partial charge in [0, 0.05) is 20.1 Å². The lowest BCUT2D eigenvalue weighted by atomic mass is 10.0. The monoisotopic (exact) mass is 478 g/mol. The van der Waals surface area contributed by atoms with Crippen molar-refractivity contribution in [1.29, 1.82) is 0 Å². The lowest BCUT2D eigenvalue weighted by Crippen LogP contribution is -2.46. The molecule has 0 fully saturated rings. The summed E-state index contributed by atoms with van der Waals surface area (Å²) in [7, 11) is 1.72. The number of halogens is 2. The van der Waals surface area contributed by atoms with Gasteiger partial charge in [-0.15, -0.1) is 0 Å². The van der Waals surface area contributed by atoms with E-state index in [0.29, 0.717) is 37.1 Å². The molecule has 5 nitrogen and oxygen atoms in total. The molecular weight excluding hydrogens is 450 g/mol. The third kappa shape index (κ3) is 5.67. The molecule has 7 heteroatoms. The number of ether oxygens (including phenoxy) is 1. The summed E-state index contributed by atoms with van der Waals surface area (Å²) in [5, 5.41) is 0. The van der Waals surface area contributed by atoms with Gasteiger partial charge in [-0.05, 0) is 49.1 Å². The molecule has 0 saturated heterocycles. The lowest BCUT2D eigenvalue weighted by molar-refractivity contribution is 0.0581. The second-order valence-electron chi connectivity index (χ2n) is 8.68. The van der Waals surface area contributed by atoms with Crippen LogP contribution in [0.5, 0.6) is 5.75 Å². The maximum Gasteiger partial charge on any atom is 0.260 e. The van der Waals surface area contributed by atoms with E-state index in [0.717, 1.165) is 17.7 Å². The van der Waals surface area contributed by atoms with E-state index in [9.17, 15) is 18.4 Å². The first-order valence-corrected chi connectivity index (χ1v) is 11.7. The zero-order chi connectivity index (χ0) is 24.8. The maximum absolute atomic E-state index is 14.6. The predicted molar refractivity (Wildman–Crippen MR) is 129 cm³/mol. The van der Waals surface area contributed by atoms with Gasteiger partial charge in [-0.2, -0.15) is 0 Å². The van der Waals surface area contributed by atoms with Gasteiger partial charge in [0.2, 0.25) is 0 Å². The molecule has 0 N–H and O–H groups in total. The van der Waals surface area contributed by atoms with E-state index < -0.39 is 29.1 Å². The Morgan fingerprint density at radius 3 is 2.31 bits per heavy atom. The minimum Gasteiger partial charge on any atom is -0.491 e. The summed E-state index contributed by atoms with van der Waals surface area (Å²) < 4.78 is 35.3. The van der Waals surface area contributed by atoms with Crippen LogP contribution in [0.1, 0.15) is 39.1 Å². The Hall–Kier alpha value is -3.74. The van der Waals surface area contributed by atoms with E-state index in [1.165, 1.54) is 11.0 Å². The minimum absolute atomic E-state index is 0.0602.